The molecule has 0 aliphatic heterocycles. The Morgan fingerprint density at radius 1 is 1.22 bits per heavy atom. The van der Waals surface area contributed by atoms with Crippen molar-refractivity contribution in [1.29, 1.82) is 0 Å². The van der Waals surface area contributed by atoms with E-state index in [1.165, 1.54) is 24.3 Å². The average Bonchev–Trinajstić information content (AvgIpc) is 3.05. The minimum absolute atomic E-state index is 0.0321. The van der Waals surface area contributed by atoms with E-state index in [9.17, 15) is 14.0 Å². The molecule has 0 bridgehead atoms. The fourth-order valence-corrected chi connectivity index (χ4v) is 2.08. The molecule has 2 rings (SSSR count). The second-order valence-corrected chi connectivity index (χ2v) is 5.28. The Kier molecular flexibility index (Phi) is 5.91. The predicted octanol–water partition coefficient (Wildman–Crippen LogP) is 2.29. The van der Waals surface area contributed by atoms with Crippen molar-refractivity contribution in [2.45, 2.75) is 25.8 Å². The highest BCUT2D eigenvalue weighted by Gasteiger charge is 2.11. The zero-order valence-corrected chi connectivity index (χ0v) is 12.8. The minimum atomic E-state index is -0.414. The molecule has 6 heteroatoms. The van der Waals surface area contributed by atoms with Crippen LogP contribution >= 0.6 is 0 Å². The molecule has 0 spiro atoms. The molecule has 0 fully saturated rings. The standard InChI is InChI=1S/C17H19FN2O3/c1-12(4-9-15-3-2-10-23-15)20-16(21)11-19-17(22)13-5-7-14(18)8-6-13/h2-3,5-8,10,12H,4,9,11H2,1H3,(H,19,22)(H,20,21). The molecule has 0 saturated carbocycles. The zero-order chi connectivity index (χ0) is 16.7. The van der Waals surface area contributed by atoms with E-state index in [0.29, 0.717) is 5.56 Å². The van der Waals surface area contributed by atoms with Crippen LogP contribution in [0.3, 0.4) is 0 Å². The molecule has 2 aromatic rings. The van der Waals surface area contributed by atoms with Gasteiger partial charge < -0.3 is 15.1 Å². The monoisotopic (exact) mass is 318 g/mol. The summed E-state index contributed by atoms with van der Waals surface area (Å²) in [5, 5.41) is 5.30. The summed E-state index contributed by atoms with van der Waals surface area (Å²) in [5.74, 6) is -0.226. The van der Waals surface area contributed by atoms with Crippen LogP contribution < -0.4 is 10.6 Å². The SMILES string of the molecule is CC(CCc1ccco1)NC(=O)CNC(=O)c1ccc(F)cc1. The first kappa shape index (κ1) is 16.7. The van der Waals surface area contributed by atoms with E-state index >= 15 is 0 Å². The van der Waals surface area contributed by atoms with Gasteiger partial charge in [0.25, 0.3) is 5.91 Å². The van der Waals surface area contributed by atoms with Crippen molar-refractivity contribution in [2.75, 3.05) is 6.54 Å². The number of furan rings is 1. The predicted molar refractivity (Wildman–Crippen MR) is 83.4 cm³/mol. The van der Waals surface area contributed by atoms with Gasteiger partial charge >= 0.3 is 0 Å². The van der Waals surface area contributed by atoms with Gasteiger partial charge in [0.2, 0.25) is 5.91 Å². The molecular weight excluding hydrogens is 299 g/mol. The summed E-state index contributed by atoms with van der Waals surface area (Å²) < 4.78 is 18.0. The Morgan fingerprint density at radius 3 is 2.61 bits per heavy atom. The van der Waals surface area contributed by atoms with Gasteiger partial charge in [0.1, 0.15) is 11.6 Å². The third-order valence-electron chi connectivity index (χ3n) is 3.33. The van der Waals surface area contributed by atoms with Gasteiger partial charge in [-0.3, -0.25) is 9.59 Å². The summed E-state index contributed by atoms with van der Waals surface area (Å²) in [6.07, 6.45) is 3.09. The molecule has 1 heterocycles. The number of aryl methyl sites for hydroxylation is 1. The molecule has 5 nitrogen and oxygen atoms in total. The quantitative estimate of drug-likeness (QED) is 0.823. The number of hydrogen-bond acceptors (Lipinski definition) is 3. The number of halogens is 1. The van der Waals surface area contributed by atoms with Crippen molar-refractivity contribution in [1.82, 2.24) is 10.6 Å². The van der Waals surface area contributed by atoms with Crippen LogP contribution in [0.1, 0.15) is 29.5 Å². The molecule has 0 saturated heterocycles. The van der Waals surface area contributed by atoms with Crippen molar-refractivity contribution in [3.8, 4) is 0 Å². The first-order valence-electron chi connectivity index (χ1n) is 7.40. The largest absolute Gasteiger partial charge is 0.469 e. The lowest BCUT2D eigenvalue weighted by molar-refractivity contribution is -0.120. The van der Waals surface area contributed by atoms with Gasteiger partial charge in [-0.1, -0.05) is 0 Å². The lowest BCUT2D eigenvalue weighted by Crippen LogP contribution is -2.41. The second-order valence-electron chi connectivity index (χ2n) is 5.28. The van der Waals surface area contributed by atoms with Gasteiger partial charge in [0, 0.05) is 18.0 Å². The number of benzene rings is 1. The summed E-state index contributed by atoms with van der Waals surface area (Å²) in [6, 6.07) is 8.82. The molecule has 1 aromatic carbocycles. The van der Waals surface area contributed by atoms with Gasteiger partial charge in [-0.2, -0.15) is 0 Å². The molecule has 2 amide bonds. The first-order chi connectivity index (χ1) is 11.0. The Bertz CT molecular complexity index is 638. The summed E-state index contributed by atoms with van der Waals surface area (Å²) in [5.41, 5.74) is 0.310. The van der Waals surface area contributed by atoms with E-state index in [0.717, 1.165) is 18.6 Å². The van der Waals surface area contributed by atoms with Gasteiger partial charge in [-0.25, -0.2) is 4.39 Å². The van der Waals surface area contributed by atoms with E-state index < -0.39 is 11.7 Å². The van der Waals surface area contributed by atoms with Gasteiger partial charge in [-0.05, 0) is 49.7 Å². The maximum atomic E-state index is 12.8. The number of nitrogens with one attached hydrogen (secondary N) is 2. The van der Waals surface area contributed by atoms with Crippen LogP contribution in [0.4, 0.5) is 4.39 Å². The molecule has 1 unspecified atom stereocenters. The summed E-state index contributed by atoms with van der Waals surface area (Å²) >= 11 is 0. The average molecular weight is 318 g/mol. The number of carbonyl (C=O) groups excluding carboxylic acids is 2. The Labute approximate surface area is 133 Å². The van der Waals surface area contributed by atoms with Crippen molar-refractivity contribution in [3.63, 3.8) is 0 Å². The Balaban J connectivity index is 1.69. The molecule has 0 radical (unpaired) electrons. The van der Waals surface area contributed by atoms with Crippen LogP contribution in [-0.4, -0.2) is 24.4 Å². The number of carbonyl (C=O) groups is 2. The fourth-order valence-electron chi connectivity index (χ4n) is 2.08. The van der Waals surface area contributed by atoms with Gasteiger partial charge in [-0.15, -0.1) is 0 Å². The summed E-state index contributed by atoms with van der Waals surface area (Å²) in [7, 11) is 0. The van der Waals surface area contributed by atoms with Crippen molar-refractivity contribution in [2.24, 2.45) is 0 Å². The van der Waals surface area contributed by atoms with E-state index in [-0.39, 0.29) is 18.5 Å². The number of amides is 2. The molecule has 0 aliphatic rings. The molecule has 122 valence electrons. The van der Waals surface area contributed by atoms with Crippen LogP contribution in [0.2, 0.25) is 0 Å². The fraction of sp³-hybridized carbons (Fsp3) is 0.294. The lowest BCUT2D eigenvalue weighted by Gasteiger charge is -2.13. The maximum Gasteiger partial charge on any atom is 0.251 e. The van der Waals surface area contributed by atoms with Crippen LogP contribution in [0.25, 0.3) is 0 Å². The topological polar surface area (TPSA) is 71.3 Å². The van der Waals surface area contributed by atoms with Crippen molar-refractivity contribution < 1.29 is 18.4 Å². The molecular formula is C17H19FN2O3. The summed E-state index contributed by atoms with van der Waals surface area (Å²) in [6.45, 7) is 1.77. The number of hydrogen-bond donors (Lipinski definition) is 2. The lowest BCUT2D eigenvalue weighted by atomic mass is 10.1. The third kappa shape index (κ3) is 5.58. The van der Waals surface area contributed by atoms with Crippen LogP contribution in [0, 0.1) is 5.82 Å². The highest BCUT2D eigenvalue weighted by Crippen LogP contribution is 2.05. The highest BCUT2D eigenvalue weighted by molar-refractivity contribution is 5.96. The molecule has 2 N–H and O–H groups in total. The van der Waals surface area contributed by atoms with E-state index in [4.69, 9.17) is 4.42 Å². The van der Waals surface area contributed by atoms with E-state index in [1.54, 1.807) is 6.26 Å². The van der Waals surface area contributed by atoms with Crippen LogP contribution in [-0.2, 0) is 11.2 Å². The zero-order valence-electron chi connectivity index (χ0n) is 12.8. The smallest absolute Gasteiger partial charge is 0.251 e. The minimum Gasteiger partial charge on any atom is -0.469 e. The normalized spacial score (nSPS) is 11.7. The molecule has 23 heavy (non-hydrogen) atoms. The maximum absolute atomic E-state index is 12.8. The first-order valence-corrected chi connectivity index (χ1v) is 7.40. The van der Waals surface area contributed by atoms with Gasteiger partial charge in [0.15, 0.2) is 0 Å². The third-order valence-corrected chi connectivity index (χ3v) is 3.33. The second kappa shape index (κ2) is 8.12. The van der Waals surface area contributed by atoms with Crippen molar-refractivity contribution >= 4 is 11.8 Å². The van der Waals surface area contributed by atoms with Crippen LogP contribution in [0.15, 0.2) is 47.1 Å². The van der Waals surface area contributed by atoms with Crippen molar-refractivity contribution in [3.05, 3.63) is 59.8 Å². The van der Waals surface area contributed by atoms with E-state index in [1.807, 2.05) is 19.1 Å². The Morgan fingerprint density at radius 2 is 1.96 bits per heavy atom. The summed E-state index contributed by atoms with van der Waals surface area (Å²) in [4.78, 5) is 23.6. The number of rotatable bonds is 7. The van der Waals surface area contributed by atoms with Gasteiger partial charge in [0.05, 0.1) is 12.8 Å². The highest BCUT2D eigenvalue weighted by atomic mass is 19.1. The molecule has 1 aromatic heterocycles. The molecule has 1 atom stereocenters. The molecule has 0 aliphatic carbocycles. The van der Waals surface area contributed by atoms with E-state index in [2.05, 4.69) is 10.6 Å². The van der Waals surface area contributed by atoms with Crippen LogP contribution in [0.5, 0.6) is 0 Å². The Hall–Kier alpha value is -2.63.